The summed E-state index contributed by atoms with van der Waals surface area (Å²) in [5.74, 6) is -0.146. The van der Waals surface area contributed by atoms with Crippen molar-refractivity contribution in [1.82, 2.24) is 10.0 Å². The second-order valence-electron chi connectivity index (χ2n) is 6.58. The van der Waals surface area contributed by atoms with E-state index in [1.165, 1.54) is 0 Å². The second-order valence-corrected chi connectivity index (χ2v) is 8.30. The Morgan fingerprint density at radius 2 is 1.91 bits per heavy atom. The maximum absolute atomic E-state index is 12.1. The lowest BCUT2D eigenvalue weighted by atomic mass is 10.1. The molecule has 0 spiro atoms. The number of carbonyl (C=O) groups excluding carboxylic acids is 1. The summed E-state index contributed by atoms with van der Waals surface area (Å²) in [5, 5.41) is 5.31. The lowest BCUT2D eigenvalue weighted by Gasteiger charge is -2.20. The molecule has 0 saturated heterocycles. The average molecular weight is 339 g/mol. The molecule has 0 radical (unpaired) electrons. The molecule has 0 aliphatic carbocycles. The van der Waals surface area contributed by atoms with Crippen LogP contribution < -0.4 is 15.4 Å². The van der Waals surface area contributed by atoms with Gasteiger partial charge in [-0.25, -0.2) is 17.9 Å². The number of hydrogen-bond acceptors (Lipinski definition) is 3. The minimum atomic E-state index is -3.45. The quantitative estimate of drug-likeness (QED) is 0.696. The molecule has 0 unspecified atom stereocenters. The summed E-state index contributed by atoms with van der Waals surface area (Å²) in [7, 11) is -3.45. The van der Waals surface area contributed by atoms with Crippen LogP contribution >= 0.6 is 0 Å². The molecule has 0 aliphatic heterocycles. The van der Waals surface area contributed by atoms with E-state index in [0.29, 0.717) is 17.8 Å². The SMILES string of the molecule is C=C(C)CNC(=O)Nc1cccc(CS(=O)(=O)NC(C)(C)C)c1. The number of carbonyl (C=O) groups is 1. The highest BCUT2D eigenvalue weighted by Crippen LogP contribution is 2.14. The monoisotopic (exact) mass is 339 g/mol. The van der Waals surface area contributed by atoms with Crippen molar-refractivity contribution in [3.63, 3.8) is 0 Å². The van der Waals surface area contributed by atoms with E-state index < -0.39 is 15.6 Å². The van der Waals surface area contributed by atoms with Crippen LogP contribution in [0.4, 0.5) is 10.5 Å². The molecule has 7 heteroatoms. The molecule has 2 amide bonds. The number of sulfonamides is 1. The van der Waals surface area contributed by atoms with Gasteiger partial charge in [0.25, 0.3) is 0 Å². The first kappa shape index (κ1) is 19.2. The zero-order chi connectivity index (χ0) is 17.7. The molecule has 0 fully saturated rings. The Hall–Kier alpha value is -1.86. The van der Waals surface area contributed by atoms with Crippen molar-refractivity contribution < 1.29 is 13.2 Å². The normalized spacial score (nSPS) is 11.8. The fourth-order valence-corrected chi connectivity index (χ4v) is 3.49. The number of nitrogens with one attached hydrogen (secondary N) is 3. The molecule has 0 aromatic heterocycles. The predicted octanol–water partition coefficient (Wildman–Crippen LogP) is 2.60. The van der Waals surface area contributed by atoms with E-state index >= 15 is 0 Å². The Labute approximate surface area is 138 Å². The lowest BCUT2D eigenvalue weighted by molar-refractivity contribution is 0.253. The van der Waals surface area contributed by atoms with Crippen molar-refractivity contribution in [2.24, 2.45) is 0 Å². The summed E-state index contributed by atoms with van der Waals surface area (Å²) in [4.78, 5) is 11.7. The van der Waals surface area contributed by atoms with Crippen molar-refractivity contribution in [3.05, 3.63) is 42.0 Å². The molecule has 0 atom stereocenters. The number of anilines is 1. The number of rotatable bonds is 6. The fraction of sp³-hybridized carbons (Fsp3) is 0.438. The van der Waals surface area contributed by atoms with Crippen LogP contribution in [-0.4, -0.2) is 26.5 Å². The molecular weight excluding hydrogens is 314 g/mol. The largest absolute Gasteiger partial charge is 0.334 e. The molecule has 23 heavy (non-hydrogen) atoms. The van der Waals surface area contributed by atoms with Crippen molar-refractivity contribution in [1.29, 1.82) is 0 Å². The summed E-state index contributed by atoms with van der Waals surface area (Å²) in [6.07, 6.45) is 0. The van der Waals surface area contributed by atoms with E-state index in [4.69, 9.17) is 0 Å². The van der Waals surface area contributed by atoms with Crippen LogP contribution in [0.2, 0.25) is 0 Å². The Balaban J connectivity index is 2.73. The topological polar surface area (TPSA) is 87.3 Å². The van der Waals surface area contributed by atoms with Gasteiger partial charge >= 0.3 is 6.03 Å². The standard InChI is InChI=1S/C16H25N3O3S/c1-12(2)10-17-15(20)18-14-8-6-7-13(9-14)11-23(21,22)19-16(3,4)5/h6-9,19H,1,10-11H2,2-5H3,(H2,17,18,20). The molecular formula is C16H25N3O3S. The first-order valence-electron chi connectivity index (χ1n) is 7.27. The molecule has 0 aliphatic rings. The first-order valence-corrected chi connectivity index (χ1v) is 8.92. The summed E-state index contributed by atoms with van der Waals surface area (Å²) in [6, 6.07) is 6.39. The highest BCUT2D eigenvalue weighted by molar-refractivity contribution is 7.88. The van der Waals surface area contributed by atoms with Crippen LogP contribution in [0.25, 0.3) is 0 Å². The van der Waals surface area contributed by atoms with E-state index in [-0.39, 0.29) is 11.8 Å². The van der Waals surface area contributed by atoms with Gasteiger partial charge in [-0.2, -0.15) is 0 Å². The fourth-order valence-electron chi connectivity index (χ4n) is 1.87. The van der Waals surface area contributed by atoms with Gasteiger partial charge in [0.2, 0.25) is 10.0 Å². The first-order chi connectivity index (χ1) is 10.5. The third-order valence-electron chi connectivity index (χ3n) is 2.55. The van der Waals surface area contributed by atoms with Crippen molar-refractivity contribution >= 4 is 21.7 Å². The van der Waals surface area contributed by atoms with Crippen molar-refractivity contribution in [2.45, 2.75) is 39.0 Å². The van der Waals surface area contributed by atoms with Gasteiger partial charge in [0.05, 0.1) is 5.75 Å². The van der Waals surface area contributed by atoms with Crippen LogP contribution in [0.5, 0.6) is 0 Å². The maximum atomic E-state index is 12.1. The van der Waals surface area contributed by atoms with Crippen LogP contribution in [0.15, 0.2) is 36.4 Å². The number of amides is 2. The molecule has 0 heterocycles. The van der Waals surface area contributed by atoms with Gasteiger partial charge in [-0.15, -0.1) is 0 Å². The van der Waals surface area contributed by atoms with E-state index in [0.717, 1.165) is 5.57 Å². The molecule has 6 nitrogen and oxygen atoms in total. The Morgan fingerprint density at radius 1 is 1.26 bits per heavy atom. The van der Waals surface area contributed by atoms with Gasteiger partial charge in [-0.1, -0.05) is 24.3 Å². The van der Waals surface area contributed by atoms with Crippen LogP contribution in [0.3, 0.4) is 0 Å². The van der Waals surface area contributed by atoms with Gasteiger partial charge < -0.3 is 10.6 Å². The summed E-state index contributed by atoms with van der Waals surface area (Å²) >= 11 is 0. The minimum Gasteiger partial charge on any atom is -0.334 e. The Bertz CT molecular complexity index is 676. The second kappa shape index (κ2) is 7.61. The lowest BCUT2D eigenvalue weighted by Crippen LogP contribution is -2.41. The summed E-state index contributed by atoms with van der Waals surface area (Å²) in [5.41, 5.74) is 1.44. The van der Waals surface area contributed by atoms with Gasteiger partial charge in [0.1, 0.15) is 0 Å². The van der Waals surface area contributed by atoms with Crippen molar-refractivity contribution in [3.8, 4) is 0 Å². The highest BCUT2D eigenvalue weighted by atomic mass is 32.2. The molecule has 0 bridgehead atoms. The van der Waals surface area contributed by atoms with E-state index in [1.54, 1.807) is 45.0 Å². The van der Waals surface area contributed by atoms with Crippen molar-refractivity contribution in [2.75, 3.05) is 11.9 Å². The van der Waals surface area contributed by atoms with E-state index in [2.05, 4.69) is 21.9 Å². The summed E-state index contributed by atoms with van der Waals surface area (Å²) < 4.78 is 26.8. The van der Waals surface area contributed by atoms with Gasteiger partial charge in [-0.3, -0.25) is 0 Å². The minimum absolute atomic E-state index is 0.146. The zero-order valence-corrected chi connectivity index (χ0v) is 14.9. The number of benzene rings is 1. The Morgan fingerprint density at radius 3 is 2.48 bits per heavy atom. The van der Waals surface area contributed by atoms with Crippen LogP contribution in [-0.2, 0) is 15.8 Å². The number of hydrogen-bond donors (Lipinski definition) is 3. The molecule has 3 N–H and O–H groups in total. The maximum Gasteiger partial charge on any atom is 0.319 e. The van der Waals surface area contributed by atoms with Crippen LogP contribution in [0, 0.1) is 0 Å². The zero-order valence-electron chi connectivity index (χ0n) is 14.1. The molecule has 1 rings (SSSR count). The highest BCUT2D eigenvalue weighted by Gasteiger charge is 2.20. The molecule has 1 aromatic rings. The summed E-state index contributed by atoms with van der Waals surface area (Å²) in [6.45, 7) is 11.3. The molecule has 1 aromatic carbocycles. The molecule has 128 valence electrons. The third-order valence-corrected chi connectivity index (χ3v) is 4.19. The smallest absolute Gasteiger partial charge is 0.319 e. The van der Waals surface area contributed by atoms with E-state index in [1.807, 2.05) is 6.92 Å². The average Bonchev–Trinajstić information content (AvgIpc) is 2.33. The Kier molecular flexibility index (Phi) is 6.35. The van der Waals surface area contributed by atoms with Gasteiger partial charge in [-0.05, 0) is 45.4 Å². The van der Waals surface area contributed by atoms with Gasteiger partial charge in [0, 0.05) is 17.8 Å². The van der Waals surface area contributed by atoms with E-state index in [9.17, 15) is 13.2 Å². The van der Waals surface area contributed by atoms with Crippen LogP contribution in [0.1, 0.15) is 33.3 Å². The third kappa shape index (κ3) is 8.37. The molecule has 0 saturated carbocycles. The predicted molar refractivity (Wildman–Crippen MR) is 93.8 cm³/mol. The van der Waals surface area contributed by atoms with Gasteiger partial charge in [0.15, 0.2) is 0 Å². The number of urea groups is 1.